The molecule has 0 aliphatic carbocycles. The lowest BCUT2D eigenvalue weighted by atomic mass is 10.2. The van der Waals surface area contributed by atoms with Gasteiger partial charge in [0.15, 0.2) is 0 Å². The predicted octanol–water partition coefficient (Wildman–Crippen LogP) is 1.96. The van der Waals surface area contributed by atoms with Crippen LogP contribution >= 0.6 is 15.9 Å². The average Bonchev–Trinajstić information content (AvgIpc) is 2.33. The van der Waals surface area contributed by atoms with Gasteiger partial charge in [-0.15, -0.1) is 0 Å². The van der Waals surface area contributed by atoms with Crippen LogP contribution in [0, 0.1) is 6.92 Å². The first-order chi connectivity index (χ1) is 8.56. The van der Waals surface area contributed by atoms with Crippen molar-refractivity contribution in [2.75, 3.05) is 37.6 Å². The monoisotopic (exact) mass is 312 g/mol. The number of nitrogens with zero attached hydrogens (tertiary/aromatic N) is 2. The fraction of sp³-hybridized carbons (Fsp3) is 0.462. The number of carboxylic acid groups (broad SMARTS) is 1. The largest absolute Gasteiger partial charge is 0.480 e. The molecule has 0 aromatic heterocycles. The van der Waals surface area contributed by atoms with Crippen LogP contribution < -0.4 is 4.90 Å². The summed E-state index contributed by atoms with van der Waals surface area (Å²) in [6.45, 7) is 5.60. The smallest absolute Gasteiger partial charge is 0.317 e. The second-order valence-electron chi connectivity index (χ2n) is 4.59. The van der Waals surface area contributed by atoms with E-state index in [2.05, 4.69) is 46.0 Å². The third-order valence-corrected chi connectivity index (χ3v) is 4.13. The van der Waals surface area contributed by atoms with Crippen molar-refractivity contribution in [3.63, 3.8) is 0 Å². The second kappa shape index (κ2) is 5.71. The fourth-order valence-corrected chi connectivity index (χ4v) is 2.43. The molecule has 0 saturated carbocycles. The van der Waals surface area contributed by atoms with Crippen molar-refractivity contribution in [2.24, 2.45) is 0 Å². The normalized spacial score (nSPS) is 16.9. The molecule has 1 fully saturated rings. The van der Waals surface area contributed by atoms with Crippen LogP contribution in [-0.4, -0.2) is 48.7 Å². The predicted molar refractivity (Wildman–Crippen MR) is 75.2 cm³/mol. The summed E-state index contributed by atoms with van der Waals surface area (Å²) in [6.07, 6.45) is 0. The van der Waals surface area contributed by atoms with Gasteiger partial charge in [-0.1, -0.05) is 15.9 Å². The zero-order valence-corrected chi connectivity index (χ0v) is 12.0. The van der Waals surface area contributed by atoms with Gasteiger partial charge in [-0.05, 0) is 30.7 Å². The average molecular weight is 313 g/mol. The summed E-state index contributed by atoms with van der Waals surface area (Å²) in [4.78, 5) is 14.9. The van der Waals surface area contributed by atoms with Crippen molar-refractivity contribution in [1.82, 2.24) is 4.90 Å². The van der Waals surface area contributed by atoms with Gasteiger partial charge in [-0.3, -0.25) is 9.69 Å². The number of benzene rings is 1. The highest BCUT2D eigenvalue weighted by Gasteiger charge is 2.18. The van der Waals surface area contributed by atoms with Crippen molar-refractivity contribution in [3.05, 3.63) is 28.2 Å². The van der Waals surface area contributed by atoms with E-state index in [1.165, 1.54) is 11.3 Å². The van der Waals surface area contributed by atoms with Crippen LogP contribution in [0.15, 0.2) is 22.7 Å². The van der Waals surface area contributed by atoms with Gasteiger partial charge in [0, 0.05) is 36.3 Å². The number of halogens is 1. The number of piperazine rings is 1. The minimum atomic E-state index is -0.747. The van der Waals surface area contributed by atoms with Crippen LogP contribution in [-0.2, 0) is 4.79 Å². The van der Waals surface area contributed by atoms with E-state index in [-0.39, 0.29) is 6.54 Å². The molecule has 0 radical (unpaired) electrons. The van der Waals surface area contributed by atoms with Crippen molar-refractivity contribution >= 4 is 27.6 Å². The van der Waals surface area contributed by atoms with E-state index in [4.69, 9.17) is 5.11 Å². The number of hydrogen-bond donors (Lipinski definition) is 1. The van der Waals surface area contributed by atoms with Crippen LogP contribution in [0.1, 0.15) is 5.56 Å². The Morgan fingerprint density at radius 2 is 2.00 bits per heavy atom. The molecule has 0 bridgehead atoms. The van der Waals surface area contributed by atoms with Gasteiger partial charge in [0.1, 0.15) is 0 Å². The zero-order valence-electron chi connectivity index (χ0n) is 10.4. The molecule has 5 heteroatoms. The molecule has 1 aliphatic rings. The Labute approximate surface area is 115 Å². The third-order valence-electron chi connectivity index (χ3n) is 3.24. The second-order valence-corrected chi connectivity index (χ2v) is 5.44. The molecule has 4 nitrogen and oxygen atoms in total. The van der Waals surface area contributed by atoms with Crippen molar-refractivity contribution < 1.29 is 9.90 Å². The summed E-state index contributed by atoms with van der Waals surface area (Å²) in [7, 11) is 0. The molecule has 2 rings (SSSR count). The molecule has 1 aliphatic heterocycles. The Hall–Kier alpha value is -1.07. The maximum atomic E-state index is 10.6. The summed E-state index contributed by atoms with van der Waals surface area (Å²) in [5.41, 5.74) is 2.44. The maximum absolute atomic E-state index is 10.6. The van der Waals surface area contributed by atoms with Crippen LogP contribution in [0.3, 0.4) is 0 Å². The number of carboxylic acids is 1. The first kappa shape index (κ1) is 13.4. The summed E-state index contributed by atoms with van der Waals surface area (Å²) in [5, 5.41) is 8.76. The topological polar surface area (TPSA) is 43.8 Å². The van der Waals surface area contributed by atoms with Gasteiger partial charge in [-0.25, -0.2) is 0 Å². The summed E-state index contributed by atoms with van der Waals surface area (Å²) < 4.78 is 1.12. The van der Waals surface area contributed by atoms with Gasteiger partial charge in [-0.2, -0.15) is 0 Å². The maximum Gasteiger partial charge on any atom is 0.317 e. The van der Waals surface area contributed by atoms with E-state index >= 15 is 0 Å². The highest BCUT2D eigenvalue weighted by Crippen LogP contribution is 2.23. The Morgan fingerprint density at radius 3 is 2.56 bits per heavy atom. The van der Waals surface area contributed by atoms with Crippen molar-refractivity contribution in [2.45, 2.75) is 6.92 Å². The van der Waals surface area contributed by atoms with E-state index in [1.807, 2.05) is 4.90 Å². The van der Waals surface area contributed by atoms with Crippen LogP contribution in [0.5, 0.6) is 0 Å². The molecule has 1 heterocycles. The minimum absolute atomic E-state index is 0.146. The number of rotatable bonds is 3. The van der Waals surface area contributed by atoms with Crippen molar-refractivity contribution in [1.29, 1.82) is 0 Å². The van der Waals surface area contributed by atoms with E-state index in [0.29, 0.717) is 0 Å². The Balaban J connectivity index is 1.96. The van der Waals surface area contributed by atoms with Crippen molar-refractivity contribution in [3.8, 4) is 0 Å². The summed E-state index contributed by atoms with van der Waals surface area (Å²) >= 11 is 3.50. The lowest BCUT2D eigenvalue weighted by Crippen LogP contribution is -2.48. The lowest BCUT2D eigenvalue weighted by Gasteiger charge is -2.35. The van der Waals surface area contributed by atoms with E-state index in [1.54, 1.807) is 0 Å². The number of aliphatic carboxylic acids is 1. The van der Waals surface area contributed by atoms with Gasteiger partial charge in [0.25, 0.3) is 0 Å². The van der Waals surface area contributed by atoms with Gasteiger partial charge in [0.2, 0.25) is 0 Å². The van der Waals surface area contributed by atoms with E-state index < -0.39 is 5.97 Å². The number of anilines is 1. The minimum Gasteiger partial charge on any atom is -0.480 e. The first-order valence-corrected chi connectivity index (χ1v) is 6.81. The molecule has 0 unspecified atom stereocenters. The van der Waals surface area contributed by atoms with E-state index in [9.17, 15) is 4.79 Å². The molecule has 1 saturated heterocycles. The SMILES string of the molecule is Cc1cc(N2CCN(CC(=O)O)CC2)ccc1Br. The third kappa shape index (κ3) is 3.23. The number of carbonyl (C=O) groups is 1. The quantitative estimate of drug-likeness (QED) is 0.926. The standard InChI is InChI=1S/C13H17BrN2O2/c1-10-8-11(2-3-12(10)14)16-6-4-15(5-7-16)9-13(17)18/h2-3,8H,4-7,9H2,1H3,(H,17,18). The van der Waals surface area contributed by atoms with E-state index in [0.717, 1.165) is 30.7 Å². The number of hydrogen-bond acceptors (Lipinski definition) is 3. The van der Waals surface area contributed by atoms with Gasteiger partial charge in [0.05, 0.1) is 6.54 Å². The first-order valence-electron chi connectivity index (χ1n) is 6.01. The molecule has 1 N–H and O–H groups in total. The molecule has 18 heavy (non-hydrogen) atoms. The van der Waals surface area contributed by atoms with Crippen LogP contribution in [0.25, 0.3) is 0 Å². The molecule has 1 aromatic carbocycles. The summed E-state index contributed by atoms with van der Waals surface area (Å²) in [6, 6.07) is 6.33. The molecule has 1 aromatic rings. The molecule has 0 spiro atoms. The lowest BCUT2D eigenvalue weighted by molar-refractivity contribution is -0.138. The summed E-state index contributed by atoms with van der Waals surface area (Å²) in [5.74, 6) is -0.747. The molecule has 0 atom stereocenters. The highest BCUT2D eigenvalue weighted by molar-refractivity contribution is 9.10. The molecule has 98 valence electrons. The number of aryl methyl sites for hydroxylation is 1. The Morgan fingerprint density at radius 1 is 1.33 bits per heavy atom. The molecule has 0 amide bonds. The molecular formula is C13H17BrN2O2. The van der Waals surface area contributed by atoms with Gasteiger partial charge < -0.3 is 10.0 Å². The van der Waals surface area contributed by atoms with Crippen LogP contribution in [0.4, 0.5) is 5.69 Å². The fourth-order valence-electron chi connectivity index (χ4n) is 2.18. The molecular weight excluding hydrogens is 296 g/mol. The highest BCUT2D eigenvalue weighted by atomic mass is 79.9. The van der Waals surface area contributed by atoms with Gasteiger partial charge >= 0.3 is 5.97 Å². The van der Waals surface area contributed by atoms with Crippen LogP contribution in [0.2, 0.25) is 0 Å². The zero-order chi connectivity index (χ0) is 13.1. The Bertz CT molecular complexity index is 443. The Kier molecular flexibility index (Phi) is 4.24.